The van der Waals surface area contributed by atoms with Crippen LogP contribution in [0.1, 0.15) is 43.9 Å². The van der Waals surface area contributed by atoms with E-state index in [0.717, 1.165) is 43.1 Å². The van der Waals surface area contributed by atoms with Gasteiger partial charge in [-0.15, -0.1) is 0 Å². The lowest BCUT2D eigenvalue weighted by Gasteiger charge is -2.57. The number of aromatic nitrogens is 2. The second kappa shape index (κ2) is 11.2. The Morgan fingerprint density at radius 1 is 1.21 bits per heavy atom. The topological polar surface area (TPSA) is 70.8 Å². The minimum absolute atomic E-state index is 0.250. The smallest absolute Gasteiger partial charge is 0.290 e. The molecule has 1 N–H and O–H groups in total. The molecular weight excluding hydrogens is 416 g/mol. The third-order valence-corrected chi connectivity index (χ3v) is 7.68. The number of carbonyl (C=O) groups is 1. The van der Waals surface area contributed by atoms with E-state index in [-0.39, 0.29) is 6.47 Å². The molecule has 3 fully saturated rings. The number of likely N-dealkylation sites (tertiary alicyclic amines) is 1. The number of hydrogen-bond acceptors (Lipinski definition) is 5. The molecule has 3 saturated heterocycles. The predicted octanol–water partition coefficient (Wildman–Crippen LogP) is 3.53. The van der Waals surface area contributed by atoms with E-state index in [9.17, 15) is 0 Å². The van der Waals surface area contributed by atoms with E-state index < -0.39 is 0 Å². The monoisotopic (exact) mass is 454 g/mol. The Bertz CT molecular complexity index is 901. The number of benzene rings is 1. The standard InChI is InChI=1S/C25H36N4O.CH2O2/c1-3-28-12-10-22(26-28)18-27-16-20-15-21(17-27)25(29-11-5-4-9-24(20)29)14-19-7-6-8-23(13-19)30-2;2-1-3/h6-8,10,12-13,20-21,24-25H,3-5,9,11,14-18H2,1-2H3;1H,(H,2,3)/t20-,21+,24+,25+;/m1./s1. The molecule has 3 aliphatic heterocycles. The van der Waals surface area contributed by atoms with Crippen LogP contribution in [-0.4, -0.2) is 70.0 Å². The second-order valence-corrected chi connectivity index (χ2v) is 9.64. The maximum atomic E-state index is 8.36. The lowest BCUT2D eigenvalue weighted by Crippen LogP contribution is -2.63. The highest BCUT2D eigenvalue weighted by atomic mass is 16.5. The molecule has 180 valence electrons. The Kier molecular flexibility index (Phi) is 8.04. The van der Waals surface area contributed by atoms with Crippen molar-refractivity contribution in [1.82, 2.24) is 19.6 Å². The third-order valence-electron chi connectivity index (χ3n) is 7.68. The molecule has 0 aliphatic carbocycles. The van der Waals surface area contributed by atoms with Gasteiger partial charge in [-0.2, -0.15) is 5.10 Å². The van der Waals surface area contributed by atoms with E-state index in [4.69, 9.17) is 19.7 Å². The summed E-state index contributed by atoms with van der Waals surface area (Å²) in [5.74, 6) is 2.55. The van der Waals surface area contributed by atoms with E-state index in [1.54, 1.807) is 7.11 Å². The van der Waals surface area contributed by atoms with Crippen LogP contribution >= 0.6 is 0 Å². The molecule has 3 aliphatic rings. The summed E-state index contributed by atoms with van der Waals surface area (Å²) in [6.45, 7) is 7.58. The molecule has 2 bridgehead atoms. The zero-order valence-electron chi connectivity index (χ0n) is 20.0. The largest absolute Gasteiger partial charge is 0.497 e. The minimum Gasteiger partial charge on any atom is -0.497 e. The van der Waals surface area contributed by atoms with Crippen molar-refractivity contribution in [1.29, 1.82) is 0 Å². The average Bonchev–Trinajstić information content (AvgIpc) is 3.30. The molecule has 33 heavy (non-hydrogen) atoms. The lowest BCUT2D eigenvalue weighted by molar-refractivity contribution is -0.122. The fraction of sp³-hybridized carbons (Fsp3) is 0.615. The van der Waals surface area contributed by atoms with Crippen molar-refractivity contribution in [2.75, 3.05) is 26.7 Å². The van der Waals surface area contributed by atoms with Gasteiger partial charge in [0.05, 0.1) is 12.8 Å². The van der Waals surface area contributed by atoms with E-state index in [2.05, 4.69) is 57.9 Å². The summed E-state index contributed by atoms with van der Waals surface area (Å²) < 4.78 is 7.55. The summed E-state index contributed by atoms with van der Waals surface area (Å²) in [6, 6.07) is 12.3. The van der Waals surface area contributed by atoms with E-state index in [0.29, 0.717) is 6.04 Å². The highest BCUT2D eigenvalue weighted by Gasteiger charge is 2.46. The molecule has 7 nitrogen and oxygen atoms in total. The van der Waals surface area contributed by atoms with Crippen LogP contribution in [0.5, 0.6) is 5.75 Å². The zero-order valence-corrected chi connectivity index (χ0v) is 20.0. The number of piperidine rings is 3. The van der Waals surface area contributed by atoms with Crippen LogP contribution in [0.4, 0.5) is 0 Å². The summed E-state index contributed by atoms with van der Waals surface area (Å²) in [5.41, 5.74) is 2.64. The van der Waals surface area contributed by atoms with E-state index >= 15 is 0 Å². The van der Waals surface area contributed by atoms with Crippen LogP contribution in [0.25, 0.3) is 0 Å². The lowest BCUT2D eigenvalue weighted by atomic mass is 9.71. The number of carboxylic acid groups (broad SMARTS) is 1. The van der Waals surface area contributed by atoms with Crippen LogP contribution in [0.3, 0.4) is 0 Å². The second-order valence-electron chi connectivity index (χ2n) is 9.64. The van der Waals surface area contributed by atoms with Crippen LogP contribution in [0.2, 0.25) is 0 Å². The molecule has 7 heteroatoms. The van der Waals surface area contributed by atoms with Crippen molar-refractivity contribution < 1.29 is 14.6 Å². The maximum absolute atomic E-state index is 8.36. The van der Waals surface area contributed by atoms with Crippen LogP contribution in [-0.2, 0) is 24.3 Å². The quantitative estimate of drug-likeness (QED) is 0.674. The Labute approximate surface area is 197 Å². The fourth-order valence-corrected chi connectivity index (χ4v) is 6.35. The van der Waals surface area contributed by atoms with Crippen molar-refractivity contribution >= 4 is 6.47 Å². The van der Waals surface area contributed by atoms with Crippen LogP contribution in [0.15, 0.2) is 36.5 Å². The summed E-state index contributed by atoms with van der Waals surface area (Å²) in [6.07, 6.45) is 8.80. The maximum Gasteiger partial charge on any atom is 0.290 e. The minimum atomic E-state index is -0.250. The van der Waals surface area contributed by atoms with Crippen molar-refractivity contribution in [3.8, 4) is 5.75 Å². The number of ether oxygens (including phenoxy) is 1. The molecule has 0 amide bonds. The molecule has 0 unspecified atom stereocenters. The van der Waals surface area contributed by atoms with Gasteiger partial charge in [0, 0.05) is 44.5 Å². The van der Waals surface area contributed by atoms with Crippen LogP contribution < -0.4 is 4.74 Å². The van der Waals surface area contributed by atoms with Gasteiger partial charge in [-0.05, 0) is 74.8 Å². The number of methoxy groups -OCH3 is 1. The first kappa shape index (κ1) is 23.8. The summed E-state index contributed by atoms with van der Waals surface area (Å²) in [5, 5.41) is 11.6. The number of nitrogens with zero attached hydrogens (tertiary/aromatic N) is 4. The molecule has 0 saturated carbocycles. The predicted molar refractivity (Wildman–Crippen MR) is 128 cm³/mol. The average molecular weight is 455 g/mol. The van der Waals surface area contributed by atoms with Gasteiger partial charge < -0.3 is 9.84 Å². The van der Waals surface area contributed by atoms with E-state index in [1.165, 1.54) is 56.6 Å². The highest BCUT2D eigenvalue weighted by molar-refractivity contribution is 5.32. The first-order valence-electron chi connectivity index (χ1n) is 12.4. The summed E-state index contributed by atoms with van der Waals surface area (Å²) >= 11 is 0. The Morgan fingerprint density at radius 2 is 2.03 bits per heavy atom. The number of aryl methyl sites for hydroxylation is 1. The first-order valence-corrected chi connectivity index (χ1v) is 12.4. The summed E-state index contributed by atoms with van der Waals surface area (Å²) in [7, 11) is 1.77. The SMILES string of the molecule is CCn1ccc(CN2C[C@H]3C[C@@H](C2)[C@H](Cc2cccc(OC)c2)N2CCCC[C@@H]32)n1.O=CO. The highest BCUT2D eigenvalue weighted by Crippen LogP contribution is 2.42. The molecule has 5 rings (SSSR count). The van der Waals surface area contributed by atoms with Gasteiger partial charge in [0.25, 0.3) is 6.47 Å². The molecule has 0 spiro atoms. The molecule has 1 aromatic heterocycles. The molecule has 4 heterocycles. The molecule has 0 radical (unpaired) electrons. The third kappa shape index (κ3) is 5.58. The van der Waals surface area contributed by atoms with Gasteiger partial charge >= 0.3 is 0 Å². The van der Waals surface area contributed by atoms with Gasteiger partial charge in [0.15, 0.2) is 0 Å². The number of rotatable bonds is 6. The van der Waals surface area contributed by atoms with E-state index in [1.807, 2.05) is 0 Å². The Balaban J connectivity index is 0.000000821. The van der Waals surface area contributed by atoms with Crippen molar-refractivity contribution in [2.24, 2.45) is 11.8 Å². The van der Waals surface area contributed by atoms with Gasteiger partial charge in [-0.25, -0.2) is 0 Å². The fourth-order valence-electron chi connectivity index (χ4n) is 6.35. The van der Waals surface area contributed by atoms with Crippen LogP contribution in [0, 0.1) is 11.8 Å². The first-order chi connectivity index (χ1) is 16.1. The van der Waals surface area contributed by atoms with Crippen molar-refractivity contribution in [3.63, 3.8) is 0 Å². The Hall–Kier alpha value is -2.38. The van der Waals surface area contributed by atoms with Gasteiger partial charge in [-0.1, -0.05) is 18.6 Å². The van der Waals surface area contributed by atoms with Crippen molar-refractivity contribution in [2.45, 2.75) is 64.2 Å². The molecular formula is C26H38N4O3. The van der Waals surface area contributed by atoms with Crippen molar-refractivity contribution in [3.05, 3.63) is 47.8 Å². The molecule has 2 aromatic rings. The summed E-state index contributed by atoms with van der Waals surface area (Å²) in [4.78, 5) is 14.0. The Morgan fingerprint density at radius 3 is 2.79 bits per heavy atom. The number of hydrogen-bond donors (Lipinski definition) is 1. The van der Waals surface area contributed by atoms with Gasteiger partial charge in [-0.3, -0.25) is 19.3 Å². The van der Waals surface area contributed by atoms with Gasteiger partial charge in [0.2, 0.25) is 0 Å². The number of fused-ring (bicyclic) bond motifs is 4. The normalized spacial score (nSPS) is 27.2. The molecule has 4 atom stereocenters. The zero-order chi connectivity index (χ0) is 23.2. The molecule has 1 aromatic carbocycles. The van der Waals surface area contributed by atoms with Gasteiger partial charge in [0.1, 0.15) is 5.75 Å².